The van der Waals surface area contributed by atoms with E-state index < -0.39 is 0 Å². The molecule has 15 heavy (non-hydrogen) atoms. The molecule has 3 nitrogen and oxygen atoms in total. The number of benzene rings is 1. The lowest BCUT2D eigenvalue weighted by atomic mass is 10.1. The molecule has 0 bridgehead atoms. The smallest absolute Gasteiger partial charge is 0.228 e. The summed E-state index contributed by atoms with van der Waals surface area (Å²) in [5.74, 6) is 0.875. The van der Waals surface area contributed by atoms with Gasteiger partial charge in [0.15, 0.2) is 0 Å². The number of halogens is 1. The van der Waals surface area contributed by atoms with E-state index in [0.717, 1.165) is 28.8 Å². The fourth-order valence-electron chi connectivity index (χ4n) is 1.53. The van der Waals surface area contributed by atoms with E-state index in [1.807, 2.05) is 18.2 Å². The van der Waals surface area contributed by atoms with Crippen LogP contribution < -0.4 is 10.1 Å². The zero-order valence-corrected chi connectivity index (χ0v) is 9.84. The molecule has 0 aromatic heterocycles. The summed E-state index contributed by atoms with van der Waals surface area (Å²) in [5, 5.41) is 3.74. The minimum absolute atomic E-state index is 0.0580. The lowest BCUT2D eigenvalue weighted by molar-refractivity contribution is -0.115. The van der Waals surface area contributed by atoms with E-state index in [-0.39, 0.29) is 5.91 Å². The molecule has 0 radical (unpaired) electrons. The van der Waals surface area contributed by atoms with Gasteiger partial charge in [-0.05, 0) is 18.1 Å². The summed E-state index contributed by atoms with van der Waals surface area (Å²) < 4.78 is 5.53. The number of ether oxygens (including phenoxy) is 1. The fourth-order valence-corrected chi connectivity index (χ4v) is 1.76. The number of fused-ring (bicyclic) bond motifs is 1. The molecule has 1 aliphatic heterocycles. The summed E-state index contributed by atoms with van der Waals surface area (Å²) in [6.07, 6.45) is 1.46. The van der Waals surface area contributed by atoms with Crippen molar-refractivity contribution in [3.8, 4) is 5.75 Å². The van der Waals surface area contributed by atoms with Crippen LogP contribution in [0.4, 0.5) is 5.69 Å². The quantitative estimate of drug-likeness (QED) is 0.673. The van der Waals surface area contributed by atoms with Crippen molar-refractivity contribution in [3.63, 3.8) is 0 Å². The highest BCUT2D eigenvalue weighted by molar-refractivity contribution is 9.09. The van der Waals surface area contributed by atoms with Gasteiger partial charge in [-0.1, -0.05) is 22.0 Å². The van der Waals surface area contributed by atoms with E-state index in [4.69, 9.17) is 4.74 Å². The third-order valence-electron chi connectivity index (χ3n) is 2.25. The molecule has 0 fully saturated rings. The summed E-state index contributed by atoms with van der Waals surface area (Å²) in [5.41, 5.74) is 1.93. The summed E-state index contributed by atoms with van der Waals surface area (Å²) in [6, 6.07) is 5.73. The molecule has 2 rings (SSSR count). The first kappa shape index (κ1) is 10.5. The predicted octanol–water partition coefficient (Wildman–Crippen LogP) is 2.34. The van der Waals surface area contributed by atoms with Gasteiger partial charge in [-0.3, -0.25) is 4.79 Å². The highest BCUT2D eigenvalue weighted by atomic mass is 79.9. The number of rotatable bonds is 4. The molecule has 1 aromatic carbocycles. The highest BCUT2D eigenvalue weighted by Crippen LogP contribution is 2.27. The highest BCUT2D eigenvalue weighted by Gasteiger charge is 2.17. The number of hydrogen-bond donors (Lipinski definition) is 1. The minimum atomic E-state index is 0.0580. The van der Waals surface area contributed by atoms with Crippen molar-refractivity contribution in [1.29, 1.82) is 0 Å². The van der Waals surface area contributed by atoms with Crippen LogP contribution in [-0.4, -0.2) is 17.8 Å². The van der Waals surface area contributed by atoms with Crippen LogP contribution in [0.5, 0.6) is 5.75 Å². The van der Waals surface area contributed by atoms with Crippen LogP contribution in [0.1, 0.15) is 12.0 Å². The largest absolute Gasteiger partial charge is 0.493 e. The molecular formula is C11H12BrNO2. The number of amides is 1. The summed E-state index contributed by atoms with van der Waals surface area (Å²) in [4.78, 5) is 11.1. The van der Waals surface area contributed by atoms with Crippen molar-refractivity contribution < 1.29 is 9.53 Å². The fraction of sp³-hybridized carbons (Fsp3) is 0.364. The van der Waals surface area contributed by atoms with Crippen molar-refractivity contribution in [2.45, 2.75) is 12.8 Å². The molecular weight excluding hydrogens is 258 g/mol. The van der Waals surface area contributed by atoms with Gasteiger partial charge < -0.3 is 10.1 Å². The average molecular weight is 270 g/mol. The number of anilines is 1. The first-order valence-electron chi connectivity index (χ1n) is 4.91. The van der Waals surface area contributed by atoms with Gasteiger partial charge in [0.1, 0.15) is 5.75 Å². The third-order valence-corrected chi connectivity index (χ3v) is 2.81. The minimum Gasteiger partial charge on any atom is -0.493 e. The van der Waals surface area contributed by atoms with E-state index in [0.29, 0.717) is 13.0 Å². The molecule has 0 unspecified atom stereocenters. The number of nitrogens with one attached hydrogen (secondary N) is 1. The van der Waals surface area contributed by atoms with E-state index in [1.165, 1.54) is 0 Å². The summed E-state index contributed by atoms with van der Waals surface area (Å²) in [6.45, 7) is 0.692. The first-order valence-corrected chi connectivity index (χ1v) is 6.03. The topological polar surface area (TPSA) is 38.3 Å². The van der Waals surface area contributed by atoms with E-state index in [2.05, 4.69) is 21.2 Å². The standard InChI is InChI=1S/C11H12BrNO2/c12-4-1-5-15-9-3-2-8-6-11(14)13-10(8)7-9/h2-3,7H,1,4-6H2,(H,13,14). The van der Waals surface area contributed by atoms with Crippen LogP contribution in [0.2, 0.25) is 0 Å². The lowest BCUT2D eigenvalue weighted by Crippen LogP contribution is -2.03. The average Bonchev–Trinajstić information content (AvgIpc) is 2.57. The van der Waals surface area contributed by atoms with Gasteiger partial charge in [-0.15, -0.1) is 0 Å². The van der Waals surface area contributed by atoms with Gasteiger partial charge in [0.25, 0.3) is 0 Å². The molecule has 4 heteroatoms. The number of hydrogen-bond acceptors (Lipinski definition) is 2. The second-order valence-corrected chi connectivity index (χ2v) is 4.23. The summed E-state index contributed by atoms with van der Waals surface area (Å²) >= 11 is 3.34. The van der Waals surface area contributed by atoms with Crippen LogP contribution in [-0.2, 0) is 11.2 Å². The van der Waals surface area contributed by atoms with Crippen LogP contribution in [0, 0.1) is 0 Å². The normalized spacial score (nSPS) is 13.5. The Hall–Kier alpha value is -1.03. The second-order valence-electron chi connectivity index (χ2n) is 3.43. The molecule has 1 heterocycles. The summed E-state index contributed by atoms with van der Waals surface area (Å²) in [7, 11) is 0. The molecule has 0 spiro atoms. The van der Waals surface area contributed by atoms with Gasteiger partial charge in [0.2, 0.25) is 5.91 Å². The molecule has 0 saturated carbocycles. The molecule has 1 aromatic rings. The predicted molar refractivity (Wildman–Crippen MR) is 62.7 cm³/mol. The van der Waals surface area contributed by atoms with Crippen molar-refractivity contribution in [1.82, 2.24) is 0 Å². The molecule has 1 amide bonds. The number of carbonyl (C=O) groups is 1. The molecule has 1 N–H and O–H groups in total. The third kappa shape index (κ3) is 2.50. The maximum absolute atomic E-state index is 11.1. The Morgan fingerprint density at radius 2 is 2.33 bits per heavy atom. The number of alkyl halides is 1. The van der Waals surface area contributed by atoms with Gasteiger partial charge in [0.05, 0.1) is 13.0 Å². The zero-order chi connectivity index (χ0) is 10.7. The van der Waals surface area contributed by atoms with Gasteiger partial charge >= 0.3 is 0 Å². The Bertz CT molecular complexity index is 379. The van der Waals surface area contributed by atoms with Crippen molar-refractivity contribution in [3.05, 3.63) is 23.8 Å². The van der Waals surface area contributed by atoms with Gasteiger partial charge in [-0.2, -0.15) is 0 Å². The molecule has 0 saturated heterocycles. The van der Waals surface area contributed by atoms with Gasteiger partial charge in [0, 0.05) is 17.1 Å². The van der Waals surface area contributed by atoms with Crippen molar-refractivity contribution in [2.75, 3.05) is 17.3 Å². The van der Waals surface area contributed by atoms with E-state index in [9.17, 15) is 4.79 Å². The van der Waals surface area contributed by atoms with Crippen LogP contribution in [0.3, 0.4) is 0 Å². The maximum Gasteiger partial charge on any atom is 0.228 e. The van der Waals surface area contributed by atoms with Crippen LogP contribution in [0.25, 0.3) is 0 Å². The Balaban J connectivity index is 2.03. The van der Waals surface area contributed by atoms with Crippen LogP contribution >= 0.6 is 15.9 Å². The Kier molecular flexibility index (Phi) is 3.26. The molecule has 0 atom stereocenters. The SMILES string of the molecule is O=C1Cc2ccc(OCCCBr)cc2N1. The van der Waals surface area contributed by atoms with Crippen molar-refractivity contribution >= 4 is 27.5 Å². The number of carbonyl (C=O) groups excluding carboxylic acids is 1. The van der Waals surface area contributed by atoms with Crippen molar-refractivity contribution in [2.24, 2.45) is 0 Å². The first-order chi connectivity index (χ1) is 7.29. The molecule has 80 valence electrons. The second kappa shape index (κ2) is 4.66. The van der Waals surface area contributed by atoms with E-state index >= 15 is 0 Å². The van der Waals surface area contributed by atoms with E-state index in [1.54, 1.807) is 0 Å². The van der Waals surface area contributed by atoms with Gasteiger partial charge in [-0.25, -0.2) is 0 Å². The lowest BCUT2D eigenvalue weighted by Gasteiger charge is -2.06. The zero-order valence-electron chi connectivity index (χ0n) is 8.25. The Morgan fingerprint density at radius 1 is 1.47 bits per heavy atom. The Labute approximate surface area is 96.9 Å². The Morgan fingerprint density at radius 3 is 3.13 bits per heavy atom. The maximum atomic E-state index is 11.1. The monoisotopic (exact) mass is 269 g/mol. The molecule has 1 aliphatic rings. The molecule has 0 aliphatic carbocycles. The van der Waals surface area contributed by atoms with Crippen LogP contribution in [0.15, 0.2) is 18.2 Å².